The summed E-state index contributed by atoms with van der Waals surface area (Å²) in [6.07, 6.45) is 2.63. The van der Waals surface area contributed by atoms with Gasteiger partial charge in [0, 0.05) is 19.2 Å². The number of carbonyl (C=O) groups is 2. The van der Waals surface area contributed by atoms with E-state index in [-0.39, 0.29) is 29.5 Å². The van der Waals surface area contributed by atoms with Crippen LogP contribution in [0, 0.1) is 0 Å². The van der Waals surface area contributed by atoms with Gasteiger partial charge >= 0.3 is 11.9 Å². The zero-order valence-corrected chi connectivity index (χ0v) is 18.5. The van der Waals surface area contributed by atoms with Gasteiger partial charge < -0.3 is 18.9 Å². The van der Waals surface area contributed by atoms with E-state index in [0.717, 1.165) is 0 Å². The Bertz CT molecular complexity index is 1100. The summed E-state index contributed by atoms with van der Waals surface area (Å²) < 4.78 is 47.7. The van der Waals surface area contributed by atoms with E-state index in [9.17, 15) is 18.0 Å². The van der Waals surface area contributed by atoms with Crippen molar-refractivity contribution in [2.45, 2.75) is 4.90 Å². The van der Waals surface area contributed by atoms with E-state index in [2.05, 4.69) is 4.74 Å². The molecular weight excluding hydrogens is 438 g/mol. The summed E-state index contributed by atoms with van der Waals surface area (Å²) in [5, 5.41) is 0. The Balaban J connectivity index is 1.74. The van der Waals surface area contributed by atoms with Gasteiger partial charge in [0.2, 0.25) is 10.0 Å². The lowest BCUT2D eigenvalue weighted by atomic mass is 10.2. The third-order valence-electron chi connectivity index (χ3n) is 4.68. The molecule has 3 rings (SSSR count). The number of morpholine rings is 1. The number of esters is 2. The highest BCUT2D eigenvalue weighted by atomic mass is 32.2. The minimum atomic E-state index is -3.79. The molecule has 1 fully saturated rings. The van der Waals surface area contributed by atoms with Gasteiger partial charge in [-0.15, -0.1) is 0 Å². The fraction of sp³-hybridized carbons (Fsp3) is 0.273. The fourth-order valence-corrected chi connectivity index (χ4v) is 4.61. The second-order valence-electron chi connectivity index (χ2n) is 6.70. The lowest BCUT2D eigenvalue weighted by molar-refractivity contribution is -0.128. The molecule has 1 saturated heterocycles. The van der Waals surface area contributed by atoms with E-state index in [1.54, 1.807) is 6.07 Å². The molecule has 1 aliphatic rings. The number of benzene rings is 2. The van der Waals surface area contributed by atoms with Crippen molar-refractivity contribution < 1.29 is 37.0 Å². The van der Waals surface area contributed by atoms with Crippen molar-refractivity contribution in [1.82, 2.24) is 4.31 Å². The van der Waals surface area contributed by atoms with Gasteiger partial charge in [0.25, 0.3) is 0 Å². The van der Waals surface area contributed by atoms with Crippen molar-refractivity contribution in [3.8, 4) is 11.5 Å². The zero-order valence-electron chi connectivity index (χ0n) is 17.6. The van der Waals surface area contributed by atoms with Gasteiger partial charge in [0.05, 0.1) is 33.0 Å². The third kappa shape index (κ3) is 5.52. The van der Waals surface area contributed by atoms with Gasteiger partial charge in [-0.05, 0) is 48.0 Å². The molecule has 1 heterocycles. The Morgan fingerprint density at radius 3 is 2.34 bits per heavy atom. The number of methoxy groups -OCH3 is 2. The highest BCUT2D eigenvalue weighted by Crippen LogP contribution is 2.29. The molecule has 9 nitrogen and oxygen atoms in total. The van der Waals surface area contributed by atoms with Gasteiger partial charge in [-0.2, -0.15) is 4.31 Å². The molecule has 0 aliphatic carbocycles. The van der Waals surface area contributed by atoms with Crippen LogP contribution in [0.15, 0.2) is 53.4 Å². The summed E-state index contributed by atoms with van der Waals surface area (Å²) in [5.41, 5.74) is 0.811. The SMILES string of the molecule is COC(=O)c1ccc(OC(=O)C=Cc2ccc(OC)c(S(=O)(=O)N3CCOCC3)c2)cc1. The van der Waals surface area contributed by atoms with Crippen LogP contribution in [0.1, 0.15) is 15.9 Å². The first-order valence-electron chi connectivity index (χ1n) is 9.69. The predicted octanol–water partition coefficient (Wildman–Crippen LogP) is 2.12. The van der Waals surface area contributed by atoms with E-state index in [4.69, 9.17) is 14.2 Å². The molecule has 32 heavy (non-hydrogen) atoms. The molecule has 2 aromatic rings. The molecule has 0 unspecified atom stereocenters. The van der Waals surface area contributed by atoms with Crippen molar-refractivity contribution in [1.29, 1.82) is 0 Å². The van der Waals surface area contributed by atoms with Crippen LogP contribution in [0.5, 0.6) is 11.5 Å². The molecule has 2 aromatic carbocycles. The average Bonchev–Trinajstić information content (AvgIpc) is 2.83. The van der Waals surface area contributed by atoms with Crippen LogP contribution in [0.2, 0.25) is 0 Å². The largest absolute Gasteiger partial charge is 0.495 e. The molecular formula is C22H23NO8S. The van der Waals surface area contributed by atoms with Crippen LogP contribution in [-0.2, 0) is 24.3 Å². The van der Waals surface area contributed by atoms with Crippen LogP contribution >= 0.6 is 0 Å². The van der Waals surface area contributed by atoms with Crippen LogP contribution in [0.3, 0.4) is 0 Å². The number of hydrogen-bond donors (Lipinski definition) is 0. The number of nitrogens with zero attached hydrogens (tertiary/aromatic N) is 1. The Kier molecular flexibility index (Phi) is 7.62. The first-order chi connectivity index (χ1) is 15.3. The molecule has 0 bridgehead atoms. The van der Waals surface area contributed by atoms with Crippen molar-refractivity contribution in [2.24, 2.45) is 0 Å². The average molecular weight is 461 g/mol. The first kappa shape index (κ1) is 23.5. The summed E-state index contributed by atoms with van der Waals surface area (Å²) in [6.45, 7) is 1.17. The van der Waals surface area contributed by atoms with Gasteiger partial charge in [-0.1, -0.05) is 6.07 Å². The van der Waals surface area contributed by atoms with Crippen LogP contribution < -0.4 is 9.47 Å². The Morgan fingerprint density at radius 2 is 1.72 bits per heavy atom. The molecule has 0 atom stereocenters. The molecule has 0 N–H and O–H groups in total. The second kappa shape index (κ2) is 10.4. The number of hydrogen-bond acceptors (Lipinski definition) is 8. The van der Waals surface area contributed by atoms with Gasteiger partial charge in [-0.25, -0.2) is 18.0 Å². The number of rotatable bonds is 7. The number of carbonyl (C=O) groups excluding carboxylic acids is 2. The maximum Gasteiger partial charge on any atom is 0.337 e. The maximum absolute atomic E-state index is 13.0. The van der Waals surface area contributed by atoms with E-state index in [0.29, 0.717) is 24.3 Å². The van der Waals surface area contributed by atoms with Gasteiger partial charge in [-0.3, -0.25) is 0 Å². The van der Waals surface area contributed by atoms with E-state index >= 15 is 0 Å². The van der Waals surface area contributed by atoms with Gasteiger partial charge in [0.15, 0.2) is 0 Å². The summed E-state index contributed by atoms with van der Waals surface area (Å²) in [4.78, 5) is 23.6. The van der Waals surface area contributed by atoms with Crippen LogP contribution in [0.4, 0.5) is 0 Å². The summed E-state index contributed by atoms with van der Waals surface area (Å²) in [6, 6.07) is 10.5. The van der Waals surface area contributed by atoms with Crippen molar-refractivity contribution in [3.63, 3.8) is 0 Å². The first-order valence-corrected chi connectivity index (χ1v) is 11.1. The van der Waals surface area contributed by atoms with E-state index in [1.165, 1.54) is 67.1 Å². The number of sulfonamides is 1. The zero-order chi connectivity index (χ0) is 23.1. The molecule has 0 aromatic heterocycles. The fourth-order valence-electron chi connectivity index (χ4n) is 3.02. The second-order valence-corrected chi connectivity index (χ2v) is 8.60. The molecule has 0 saturated carbocycles. The van der Waals surface area contributed by atoms with Gasteiger partial charge in [0.1, 0.15) is 16.4 Å². The Labute approximate surface area is 186 Å². The summed E-state index contributed by atoms with van der Waals surface area (Å²) >= 11 is 0. The standard InChI is InChI=1S/C22H23NO8S/c1-28-19-9-3-16(15-20(19)32(26,27)23-11-13-30-14-12-23)4-10-21(24)31-18-7-5-17(6-8-18)22(25)29-2/h3-10,15H,11-14H2,1-2H3. The predicted molar refractivity (Wildman–Crippen MR) is 115 cm³/mol. The summed E-state index contributed by atoms with van der Waals surface area (Å²) in [5.74, 6) is -0.700. The highest BCUT2D eigenvalue weighted by Gasteiger charge is 2.29. The third-order valence-corrected chi connectivity index (χ3v) is 6.60. The minimum Gasteiger partial charge on any atom is -0.495 e. The lowest BCUT2D eigenvalue weighted by Gasteiger charge is -2.26. The summed E-state index contributed by atoms with van der Waals surface area (Å²) in [7, 11) is -1.12. The monoisotopic (exact) mass is 461 g/mol. The van der Waals surface area contributed by atoms with E-state index < -0.39 is 22.0 Å². The number of ether oxygens (including phenoxy) is 4. The molecule has 0 radical (unpaired) electrons. The highest BCUT2D eigenvalue weighted by molar-refractivity contribution is 7.89. The van der Waals surface area contributed by atoms with Crippen LogP contribution in [-0.4, -0.2) is 65.2 Å². The minimum absolute atomic E-state index is 0.0100. The molecule has 10 heteroatoms. The lowest BCUT2D eigenvalue weighted by Crippen LogP contribution is -2.40. The molecule has 170 valence electrons. The Morgan fingerprint density at radius 1 is 1.03 bits per heavy atom. The molecule has 1 aliphatic heterocycles. The van der Waals surface area contributed by atoms with Crippen molar-refractivity contribution >= 4 is 28.0 Å². The van der Waals surface area contributed by atoms with Crippen LogP contribution in [0.25, 0.3) is 6.08 Å². The van der Waals surface area contributed by atoms with Crippen molar-refractivity contribution in [3.05, 3.63) is 59.7 Å². The Hall–Kier alpha value is -3.21. The van der Waals surface area contributed by atoms with E-state index in [1.807, 2.05) is 0 Å². The molecule has 0 amide bonds. The quantitative estimate of drug-likeness (QED) is 0.351. The molecule has 0 spiro atoms. The smallest absolute Gasteiger partial charge is 0.337 e. The topological polar surface area (TPSA) is 108 Å². The normalized spacial score (nSPS) is 14.8. The van der Waals surface area contributed by atoms with Crippen molar-refractivity contribution in [2.75, 3.05) is 40.5 Å². The maximum atomic E-state index is 13.0.